The fourth-order valence-electron chi connectivity index (χ4n) is 1.89. The number of hydrogen-bond acceptors (Lipinski definition) is 4. The first kappa shape index (κ1) is 14.5. The third-order valence-electron chi connectivity index (χ3n) is 2.78. The highest BCUT2D eigenvalue weighted by atomic mass is 19.4. The Morgan fingerprint density at radius 3 is 2.55 bits per heavy atom. The van der Waals surface area contributed by atoms with Crippen molar-refractivity contribution in [2.24, 2.45) is 0 Å². The van der Waals surface area contributed by atoms with E-state index in [0.29, 0.717) is 24.4 Å². The van der Waals surface area contributed by atoms with Crippen LogP contribution in [0.25, 0.3) is 0 Å². The average molecular weight is 285 g/mol. The fraction of sp³-hybridized carbons (Fsp3) is 0.385. The first-order chi connectivity index (χ1) is 9.54. The molecule has 0 spiro atoms. The van der Waals surface area contributed by atoms with E-state index in [9.17, 15) is 13.2 Å². The molecule has 0 saturated carbocycles. The van der Waals surface area contributed by atoms with E-state index in [-0.39, 0.29) is 0 Å². The van der Waals surface area contributed by atoms with Gasteiger partial charge in [-0.25, -0.2) is 0 Å². The van der Waals surface area contributed by atoms with E-state index in [1.165, 1.54) is 6.39 Å². The van der Waals surface area contributed by atoms with Gasteiger partial charge in [0, 0.05) is 19.0 Å². The van der Waals surface area contributed by atoms with E-state index in [2.05, 4.69) is 20.0 Å². The smallest absolute Gasteiger partial charge is 0.343 e. The number of alkyl halides is 3. The molecule has 2 rings (SSSR count). The largest absolute Gasteiger partial charge is 0.390 e. The fourth-order valence-corrected chi connectivity index (χ4v) is 1.89. The molecule has 0 saturated heterocycles. The maximum Gasteiger partial charge on any atom is 0.390 e. The minimum atomic E-state index is -4.22. The van der Waals surface area contributed by atoms with Crippen LogP contribution in [-0.2, 0) is 6.42 Å². The van der Waals surface area contributed by atoms with Crippen LogP contribution < -0.4 is 5.32 Å². The Hall–Kier alpha value is -1.89. The van der Waals surface area contributed by atoms with Crippen molar-refractivity contribution in [3.05, 3.63) is 48.1 Å². The Labute approximate surface area is 114 Å². The Bertz CT molecular complexity index is 499. The van der Waals surface area contributed by atoms with Crippen LogP contribution in [-0.4, -0.2) is 22.9 Å². The minimum absolute atomic E-state index is 0.342. The molecule has 0 bridgehead atoms. The van der Waals surface area contributed by atoms with Crippen LogP contribution in [0.5, 0.6) is 0 Å². The number of halogens is 3. The first-order valence-electron chi connectivity index (χ1n) is 6.15. The predicted molar refractivity (Wildman–Crippen MR) is 65.9 cm³/mol. The third kappa shape index (κ3) is 4.65. The molecule has 1 heterocycles. The van der Waals surface area contributed by atoms with E-state index in [4.69, 9.17) is 0 Å². The normalized spacial score (nSPS) is 13.3. The number of nitrogens with zero attached hydrogens (tertiary/aromatic N) is 2. The molecule has 1 N–H and O–H groups in total. The molecular weight excluding hydrogens is 271 g/mol. The third-order valence-corrected chi connectivity index (χ3v) is 2.78. The second-order valence-electron chi connectivity index (χ2n) is 4.33. The molecule has 4 nitrogen and oxygen atoms in total. The van der Waals surface area contributed by atoms with Gasteiger partial charge in [0.15, 0.2) is 5.82 Å². The van der Waals surface area contributed by atoms with E-state index >= 15 is 0 Å². The molecule has 0 aliphatic heterocycles. The summed E-state index contributed by atoms with van der Waals surface area (Å²) in [5, 5.41) is 6.50. The van der Waals surface area contributed by atoms with Crippen LogP contribution >= 0.6 is 0 Å². The van der Waals surface area contributed by atoms with Gasteiger partial charge in [0.25, 0.3) is 0 Å². The molecule has 1 atom stereocenters. The lowest BCUT2D eigenvalue weighted by Gasteiger charge is -2.20. The molecule has 0 amide bonds. The predicted octanol–water partition coefficient (Wildman–Crippen LogP) is 2.90. The van der Waals surface area contributed by atoms with Crippen molar-refractivity contribution < 1.29 is 17.7 Å². The van der Waals surface area contributed by atoms with Crippen molar-refractivity contribution in [3.63, 3.8) is 0 Å². The van der Waals surface area contributed by atoms with Gasteiger partial charge in [-0.3, -0.25) is 0 Å². The number of benzene rings is 1. The molecule has 1 aromatic heterocycles. The molecule has 1 aromatic carbocycles. The molecule has 108 valence electrons. The van der Waals surface area contributed by atoms with Gasteiger partial charge >= 0.3 is 6.18 Å². The lowest BCUT2D eigenvalue weighted by molar-refractivity contribution is -0.140. The highest BCUT2D eigenvalue weighted by Gasteiger charge is 2.32. The van der Waals surface area contributed by atoms with E-state index in [0.717, 1.165) is 0 Å². The monoisotopic (exact) mass is 285 g/mol. The summed E-state index contributed by atoms with van der Waals surface area (Å²) < 4.78 is 42.4. The van der Waals surface area contributed by atoms with Crippen molar-refractivity contribution in [1.82, 2.24) is 15.5 Å². The topological polar surface area (TPSA) is 51.0 Å². The van der Waals surface area contributed by atoms with Crippen molar-refractivity contribution in [3.8, 4) is 0 Å². The van der Waals surface area contributed by atoms with Crippen LogP contribution in [0, 0.1) is 0 Å². The number of aromatic nitrogens is 2. The highest BCUT2D eigenvalue weighted by molar-refractivity contribution is 5.19. The van der Waals surface area contributed by atoms with Crippen LogP contribution in [0.1, 0.15) is 23.9 Å². The van der Waals surface area contributed by atoms with Gasteiger partial charge in [-0.2, -0.15) is 18.2 Å². The van der Waals surface area contributed by atoms with Crippen LogP contribution in [0.4, 0.5) is 13.2 Å². The molecule has 0 aliphatic rings. The summed E-state index contributed by atoms with van der Waals surface area (Å²) in [6, 6.07) is 7.80. The quantitative estimate of drug-likeness (QED) is 0.886. The van der Waals surface area contributed by atoms with E-state index < -0.39 is 18.6 Å². The molecule has 0 radical (unpaired) electrons. The van der Waals surface area contributed by atoms with Crippen LogP contribution in [0.3, 0.4) is 0 Å². The molecule has 2 aromatic rings. The standard InChI is InChI=1S/C13H14F3N3O/c14-13(15,16)8-11(10-4-2-1-3-5-10)17-7-6-12-18-9-20-19-12/h1-5,9,11,17H,6-8H2. The van der Waals surface area contributed by atoms with Gasteiger partial charge < -0.3 is 9.84 Å². The lowest BCUT2D eigenvalue weighted by atomic mass is 10.0. The Kier molecular flexibility index (Phi) is 4.73. The highest BCUT2D eigenvalue weighted by Crippen LogP contribution is 2.29. The molecule has 0 fully saturated rings. The Balaban J connectivity index is 1.96. The zero-order valence-corrected chi connectivity index (χ0v) is 10.6. The molecular formula is C13H14F3N3O. The van der Waals surface area contributed by atoms with Crippen molar-refractivity contribution in [1.29, 1.82) is 0 Å². The summed E-state index contributed by atoms with van der Waals surface area (Å²) in [5.41, 5.74) is 0.609. The first-order valence-corrected chi connectivity index (χ1v) is 6.15. The van der Waals surface area contributed by atoms with Gasteiger partial charge in [0.1, 0.15) is 0 Å². The summed E-state index contributed by atoms with van der Waals surface area (Å²) in [7, 11) is 0. The van der Waals surface area contributed by atoms with Gasteiger partial charge in [0.2, 0.25) is 6.39 Å². The van der Waals surface area contributed by atoms with E-state index in [1.54, 1.807) is 30.3 Å². The summed E-state index contributed by atoms with van der Waals surface area (Å²) in [6.07, 6.45) is -3.53. The van der Waals surface area contributed by atoms with Crippen molar-refractivity contribution in [2.45, 2.75) is 25.1 Å². The van der Waals surface area contributed by atoms with Gasteiger partial charge in [0.05, 0.1) is 6.42 Å². The second-order valence-corrected chi connectivity index (χ2v) is 4.33. The molecule has 0 aliphatic carbocycles. The summed E-state index contributed by atoms with van der Waals surface area (Å²) in [4.78, 5) is 3.82. The average Bonchev–Trinajstić information content (AvgIpc) is 2.90. The SMILES string of the molecule is FC(F)(F)CC(NCCc1ncon1)c1ccccc1. The number of hydrogen-bond donors (Lipinski definition) is 1. The van der Waals surface area contributed by atoms with Gasteiger partial charge in [-0.05, 0) is 5.56 Å². The summed E-state index contributed by atoms with van der Waals surface area (Å²) in [5.74, 6) is 0.469. The summed E-state index contributed by atoms with van der Waals surface area (Å²) >= 11 is 0. The van der Waals surface area contributed by atoms with Crippen molar-refractivity contribution >= 4 is 0 Å². The van der Waals surface area contributed by atoms with Crippen molar-refractivity contribution in [2.75, 3.05) is 6.54 Å². The Morgan fingerprint density at radius 1 is 1.20 bits per heavy atom. The second kappa shape index (κ2) is 6.51. The maximum atomic E-state index is 12.6. The van der Waals surface area contributed by atoms with Crippen LogP contribution in [0.2, 0.25) is 0 Å². The molecule has 1 unspecified atom stereocenters. The van der Waals surface area contributed by atoms with Gasteiger partial charge in [-0.15, -0.1) is 0 Å². The zero-order chi connectivity index (χ0) is 14.4. The number of nitrogens with one attached hydrogen (secondary N) is 1. The summed E-state index contributed by atoms with van der Waals surface area (Å²) in [6.45, 7) is 0.342. The number of rotatable bonds is 6. The van der Waals surface area contributed by atoms with E-state index in [1.807, 2.05) is 0 Å². The van der Waals surface area contributed by atoms with Gasteiger partial charge in [-0.1, -0.05) is 35.5 Å². The zero-order valence-electron chi connectivity index (χ0n) is 10.6. The maximum absolute atomic E-state index is 12.6. The Morgan fingerprint density at radius 2 is 1.95 bits per heavy atom. The minimum Gasteiger partial charge on any atom is -0.343 e. The van der Waals surface area contributed by atoms with Crippen LogP contribution in [0.15, 0.2) is 41.2 Å². The lowest BCUT2D eigenvalue weighted by Crippen LogP contribution is -2.28. The molecule has 20 heavy (non-hydrogen) atoms. The molecule has 7 heteroatoms.